The van der Waals surface area contributed by atoms with Gasteiger partial charge in [0.1, 0.15) is 0 Å². The Morgan fingerprint density at radius 3 is 1.78 bits per heavy atom. The highest BCUT2D eigenvalue weighted by Crippen LogP contribution is 2.22. The van der Waals surface area contributed by atoms with E-state index in [2.05, 4.69) is 18.6 Å². The van der Waals surface area contributed by atoms with Crippen LogP contribution in [-0.4, -0.2) is 52.5 Å². The molecule has 138 valence electrons. The van der Waals surface area contributed by atoms with E-state index in [1.54, 1.807) is 0 Å². The van der Waals surface area contributed by atoms with Gasteiger partial charge in [-0.3, -0.25) is 0 Å². The Bertz CT molecular complexity index is 306. The van der Waals surface area contributed by atoms with Crippen molar-refractivity contribution in [1.29, 1.82) is 0 Å². The van der Waals surface area contributed by atoms with Crippen LogP contribution in [-0.2, 0) is 9.53 Å². The molecule has 0 aliphatic carbocycles. The zero-order valence-corrected chi connectivity index (χ0v) is 14.8. The lowest BCUT2D eigenvalue weighted by molar-refractivity contribution is -0.147. The zero-order chi connectivity index (χ0) is 18.1. The molecule has 6 heteroatoms. The fourth-order valence-electron chi connectivity index (χ4n) is 2.09. The summed E-state index contributed by atoms with van der Waals surface area (Å²) in [6.07, 6.45) is 5.15. The molecule has 0 aromatic rings. The predicted molar refractivity (Wildman–Crippen MR) is 89.7 cm³/mol. The Balaban J connectivity index is 0. The minimum atomic E-state index is -0.745. The van der Waals surface area contributed by atoms with Crippen LogP contribution in [0.4, 0.5) is 0 Å². The molecule has 0 fully saturated rings. The first kappa shape index (κ1) is 24.3. The van der Waals surface area contributed by atoms with Crippen LogP contribution in [0, 0.1) is 0 Å². The number of esters is 1. The molecular weight excluding hydrogens is 300 g/mol. The van der Waals surface area contributed by atoms with E-state index in [0.29, 0.717) is 0 Å². The van der Waals surface area contributed by atoms with E-state index in [9.17, 15) is 4.79 Å². The van der Waals surface area contributed by atoms with Crippen LogP contribution in [0.1, 0.15) is 65.7 Å². The lowest BCUT2D eigenvalue weighted by Crippen LogP contribution is -2.12. The van der Waals surface area contributed by atoms with Gasteiger partial charge in [0.15, 0.2) is 6.79 Å². The second-order valence-electron chi connectivity index (χ2n) is 5.24. The second-order valence-corrected chi connectivity index (χ2v) is 5.24. The molecule has 1 unspecified atom stereocenters. The maximum atomic E-state index is 11.7. The van der Waals surface area contributed by atoms with Crippen LogP contribution >= 0.6 is 0 Å². The van der Waals surface area contributed by atoms with Crippen molar-refractivity contribution in [2.45, 2.75) is 71.8 Å². The van der Waals surface area contributed by atoms with Gasteiger partial charge < -0.3 is 25.2 Å². The number of rotatable bonds is 11. The van der Waals surface area contributed by atoms with Crippen LogP contribution in [0.2, 0.25) is 0 Å². The fourth-order valence-corrected chi connectivity index (χ4v) is 2.09. The van der Waals surface area contributed by atoms with E-state index >= 15 is 0 Å². The number of ether oxygens (including phenoxy) is 1. The molecular formula is C17H34O6. The van der Waals surface area contributed by atoms with Crippen molar-refractivity contribution in [1.82, 2.24) is 0 Å². The van der Waals surface area contributed by atoms with Gasteiger partial charge >= 0.3 is 5.97 Å². The third kappa shape index (κ3) is 13.2. The molecule has 1 atom stereocenters. The van der Waals surface area contributed by atoms with Crippen molar-refractivity contribution < 1.29 is 30.0 Å². The number of carbonyl (C=O) groups is 1. The average Bonchev–Trinajstić information content (AvgIpc) is 2.53. The largest absolute Gasteiger partial charge is 0.435 e. The topological polar surface area (TPSA) is 107 Å². The van der Waals surface area contributed by atoms with Crippen LogP contribution in [0.25, 0.3) is 0 Å². The summed E-state index contributed by atoms with van der Waals surface area (Å²) in [7, 11) is 0. The first-order chi connectivity index (χ1) is 11.0. The molecule has 23 heavy (non-hydrogen) atoms. The number of aliphatic hydroxyl groups excluding tert-OH is 4. The van der Waals surface area contributed by atoms with Gasteiger partial charge in [-0.25, -0.2) is 4.79 Å². The van der Waals surface area contributed by atoms with E-state index in [0.717, 1.165) is 44.1 Å². The van der Waals surface area contributed by atoms with E-state index < -0.39 is 12.9 Å². The first-order valence-electron chi connectivity index (χ1n) is 8.40. The monoisotopic (exact) mass is 334 g/mol. The summed E-state index contributed by atoms with van der Waals surface area (Å²) in [5, 5.41) is 33.3. The molecule has 0 heterocycles. The normalized spacial score (nSPS) is 11.3. The van der Waals surface area contributed by atoms with Gasteiger partial charge in [0.25, 0.3) is 0 Å². The summed E-state index contributed by atoms with van der Waals surface area (Å²) >= 11 is 0. The standard InChI is InChI=1S/C13H24O3.C4H10O3/c1-4-7-11(8-5-2)12(9-6-3)13(15)16-10-14;5-2-1-4(7)3-6/h14H,4-10H2,1-3H3;4-7H,1-3H2. The maximum Gasteiger partial charge on any atom is 0.336 e. The Hall–Kier alpha value is -0.950. The zero-order valence-electron chi connectivity index (χ0n) is 14.8. The number of aliphatic hydroxyl groups is 4. The van der Waals surface area contributed by atoms with E-state index in [-0.39, 0.29) is 25.6 Å². The van der Waals surface area contributed by atoms with Gasteiger partial charge in [0, 0.05) is 12.2 Å². The molecule has 0 spiro atoms. The predicted octanol–water partition coefficient (Wildman–Crippen LogP) is 1.90. The molecule has 0 rings (SSSR count). The summed E-state index contributed by atoms with van der Waals surface area (Å²) in [6.45, 7) is 5.40. The SMILES string of the molecule is CCCC(CCC)=C(CCC)C(=O)OCO.OCCC(O)CO. The smallest absolute Gasteiger partial charge is 0.336 e. The van der Waals surface area contributed by atoms with Crippen molar-refractivity contribution >= 4 is 5.97 Å². The Morgan fingerprint density at radius 1 is 0.957 bits per heavy atom. The van der Waals surface area contributed by atoms with Crippen LogP contribution < -0.4 is 0 Å². The number of carbonyl (C=O) groups excluding carboxylic acids is 1. The highest BCUT2D eigenvalue weighted by molar-refractivity contribution is 5.89. The minimum Gasteiger partial charge on any atom is -0.435 e. The number of hydrogen-bond donors (Lipinski definition) is 4. The maximum absolute atomic E-state index is 11.7. The Kier molecular flexibility index (Phi) is 18.4. The van der Waals surface area contributed by atoms with Gasteiger partial charge in [-0.15, -0.1) is 0 Å². The third-order valence-electron chi connectivity index (χ3n) is 3.15. The number of allylic oxidation sites excluding steroid dienone is 1. The van der Waals surface area contributed by atoms with E-state index in [1.807, 2.05) is 6.92 Å². The molecule has 0 saturated heterocycles. The molecule has 4 N–H and O–H groups in total. The molecule has 6 nitrogen and oxygen atoms in total. The highest BCUT2D eigenvalue weighted by atomic mass is 16.6. The molecule has 0 radical (unpaired) electrons. The lowest BCUT2D eigenvalue weighted by atomic mass is 9.96. The van der Waals surface area contributed by atoms with Gasteiger partial charge in [-0.1, -0.05) is 45.6 Å². The van der Waals surface area contributed by atoms with Crippen molar-refractivity contribution in [3.05, 3.63) is 11.1 Å². The van der Waals surface area contributed by atoms with Crippen LogP contribution in [0.5, 0.6) is 0 Å². The summed E-state index contributed by atoms with van der Waals surface area (Å²) in [5.74, 6) is -0.346. The Morgan fingerprint density at radius 2 is 1.48 bits per heavy atom. The van der Waals surface area contributed by atoms with E-state index in [1.165, 1.54) is 5.57 Å². The van der Waals surface area contributed by atoms with Crippen molar-refractivity contribution in [3.63, 3.8) is 0 Å². The fraction of sp³-hybridized carbons (Fsp3) is 0.824. The van der Waals surface area contributed by atoms with Crippen molar-refractivity contribution in [2.75, 3.05) is 20.0 Å². The number of hydrogen-bond acceptors (Lipinski definition) is 6. The van der Waals surface area contributed by atoms with E-state index in [4.69, 9.17) is 20.4 Å². The molecule has 0 aromatic carbocycles. The van der Waals surface area contributed by atoms with Crippen LogP contribution in [0.3, 0.4) is 0 Å². The first-order valence-corrected chi connectivity index (χ1v) is 8.40. The van der Waals surface area contributed by atoms with Crippen LogP contribution in [0.15, 0.2) is 11.1 Å². The summed E-state index contributed by atoms with van der Waals surface area (Å²) in [4.78, 5) is 11.7. The quantitative estimate of drug-likeness (QED) is 0.261. The average molecular weight is 334 g/mol. The minimum absolute atomic E-state index is 0.0677. The van der Waals surface area contributed by atoms with Gasteiger partial charge in [0.2, 0.25) is 0 Å². The van der Waals surface area contributed by atoms with Crippen molar-refractivity contribution in [3.8, 4) is 0 Å². The summed E-state index contributed by atoms with van der Waals surface area (Å²) < 4.78 is 4.69. The molecule has 0 amide bonds. The van der Waals surface area contributed by atoms with Crippen molar-refractivity contribution in [2.24, 2.45) is 0 Å². The second kappa shape index (κ2) is 17.4. The summed E-state index contributed by atoms with van der Waals surface area (Å²) in [6, 6.07) is 0. The molecule has 0 aromatic heterocycles. The van der Waals surface area contributed by atoms with Gasteiger partial charge in [0.05, 0.1) is 12.7 Å². The molecule has 0 aliphatic rings. The lowest BCUT2D eigenvalue weighted by Gasteiger charge is -2.12. The molecule has 0 aliphatic heterocycles. The van der Waals surface area contributed by atoms with Gasteiger partial charge in [-0.2, -0.15) is 0 Å². The molecule has 0 saturated carbocycles. The van der Waals surface area contributed by atoms with Gasteiger partial charge in [-0.05, 0) is 25.7 Å². The summed E-state index contributed by atoms with van der Waals surface area (Å²) in [5.41, 5.74) is 1.98. The highest BCUT2D eigenvalue weighted by Gasteiger charge is 2.14. The molecule has 0 bridgehead atoms. The Labute approximate surface area is 139 Å². The third-order valence-corrected chi connectivity index (χ3v) is 3.15.